The van der Waals surface area contributed by atoms with E-state index in [0.29, 0.717) is 18.1 Å². The van der Waals surface area contributed by atoms with Gasteiger partial charge in [0.1, 0.15) is 16.8 Å². The largest absolute Gasteiger partial charge is 0.365 e. The van der Waals surface area contributed by atoms with Gasteiger partial charge < -0.3 is 10.6 Å². The molecule has 2 heterocycles. The molecular formula is C13H19ClN4O. The molecule has 2 rings (SSSR count). The normalized spacial score (nSPS) is 19.1. The van der Waals surface area contributed by atoms with Crippen LogP contribution in [0.25, 0.3) is 0 Å². The fourth-order valence-corrected chi connectivity index (χ4v) is 2.25. The van der Waals surface area contributed by atoms with Crippen molar-refractivity contribution in [2.45, 2.75) is 45.6 Å². The summed E-state index contributed by atoms with van der Waals surface area (Å²) in [5.74, 6) is 1.66. The fraction of sp³-hybridized carbons (Fsp3) is 0.615. The van der Waals surface area contributed by atoms with Crippen molar-refractivity contribution in [3.63, 3.8) is 0 Å². The summed E-state index contributed by atoms with van der Waals surface area (Å²) in [6.45, 7) is 4.62. The van der Waals surface area contributed by atoms with Gasteiger partial charge in [0.2, 0.25) is 5.91 Å². The molecule has 1 aromatic rings. The number of carbonyl (C=O) groups excluding carboxylic acids is 1. The van der Waals surface area contributed by atoms with E-state index in [4.69, 9.17) is 11.6 Å². The maximum atomic E-state index is 11.1. The minimum absolute atomic E-state index is 0.113. The number of nitrogens with zero attached hydrogens (tertiary/aromatic N) is 2. The Morgan fingerprint density at radius 3 is 2.89 bits per heavy atom. The van der Waals surface area contributed by atoms with Gasteiger partial charge in [-0.3, -0.25) is 4.79 Å². The van der Waals surface area contributed by atoms with Crippen molar-refractivity contribution in [3.8, 4) is 0 Å². The zero-order chi connectivity index (χ0) is 13.8. The van der Waals surface area contributed by atoms with E-state index in [1.807, 2.05) is 6.92 Å². The first-order valence-electron chi connectivity index (χ1n) is 6.66. The molecule has 0 radical (unpaired) electrons. The number of nitrogens with one attached hydrogen (secondary N) is 2. The third-order valence-electron chi connectivity index (χ3n) is 3.21. The SMILES string of the molecule is CCCc1nc(Cl)c(C)c(NC2CCC(=O)NC2)n1. The maximum Gasteiger partial charge on any atom is 0.220 e. The number of halogens is 1. The molecule has 0 aromatic carbocycles. The first-order chi connectivity index (χ1) is 9.10. The molecule has 2 N–H and O–H groups in total. The van der Waals surface area contributed by atoms with Gasteiger partial charge in [0, 0.05) is 31.0 Å². The Balaban J connectivity index is 2.12. The molecule has 1 aromatic heterocycles. The van der Waals surface area contributed by atoms with E-state index in [9.17, 15) is 4.79 Å². The van der Waals surface area contributed by atoms with Crippen molar-refractivity contribution < 1.29 is 4.79 Å². The molecule has 19 heavy (non-hydrogen) atoms. The van der Waals surface area contributed by atoms with E-state index in [1.54, 1.807) is 0 Å². The van der Waals surface area contributed by atoms with E-state index in [0.717, 1.165) is 36.5 Å². The lowest BCUT2D eigenvalue weighted by atomic mass is 10.1. The Labute approximate surface area is 118 Å². The van der Waals surface area contributed by atoms with Crippen molar-refractivity contribution >= 4 is 23.3 Å². The lowest BCUT2D eigenvalue weighted by Gasteiger charge is -2.25. The molecule has 1 saturated heterocycles. The number of hydrogen-bond acceptors (Lipinski definition) is 4. The second-order valence-electron chi connectivity index (χ2n) is 4.84. The summed E-state index contributed by atoms with van der Waals surface area (Å²) in [4.78, 5) is 19.9. The van der Waals surface area contributed by atoms with E-state index in [1.165, 1.54) is 0 Å². The Morgan fingerprint density at radius 2 is 2.26 bits per heavy atom. The predicted octanol–water partition coefficient (Wildman–Crippen LogP) is 2.08. The lowest BCUT2D eigenvalue weighted by molar-refractivity contribution is -0.122. The van der Waals surface area contributed by atoms with Crippen molar-refractivity contribution in [1.82, 2.24) is 15.3 Å². The third-order valence-corrected chi connectivity index (χ3v) is 3.58. The molecule has 104 valence electrons. The lowest BCUT2D eigenvalue weighted by Crippen LogP contribution is -2.42. The van der Waals surface area contributed by atoms with Crippen LogP contribution in [0.15, 0.2) is 0 Å². The van der Waals surface area contributed by atoms with Crippen LogP contribution in [-0.4, -0.2) is 28.5 Å². The molecule has 1 fully saturated rings. The van der Waals surface area contributed by atoms with Crippen molar-refractivity contribution in [1.29, 1.82) is 0 Å². The van der Waals surface area contributed by atoms with E-state index in [2.05, 4.69) is 27.5 Å². The van der Waals surface area contributed by atoms with Crippen LogP contribution in [0.1, 0.15) is 37.6 Å². The van der Waals surface area contributed by atoms with Crippen LogP contribution < -0.4 is 10.6 Å². The summed E-state index contributed by atoms with van der Waals surface area (Å²) in [6, 6.07) is 0.205. The van der Waals surface area contributed by atoms with Gasteiger partial charge in [-0.2, -0.15) is 0 Å². The number of rotatable bonds is 4. The van der Waals surface area contributed by atoms with E-state index < -0.39 is 0 Å². The zero-order valence-electron chi connectivity index (χ0n) is 11.3. The van der Waals surface area contributed by atoms with Crippen LogP contribution in [0, 0.1) is 6.92 Å². The third kappa shape index (κ3) is 3.56. The highest BCUT2D eigenvalue weighted by Crippen LogP contribution is 2.22. The van der Waals surface area contributed by atoms with Gasteiger partial charge in [-0.25, -0.2) is 9.97 Å². The summed E-state index contributed by atoms with van der Waals surface area (Å²) in [6.07, 6.45) is 3.17. The first kappa shape index (κ1) is 14.1. The molecule has 1 aliphatic rings. The quantitative estimate of drug-likeness (QED) is 0.830. The Bertz CT molecular complexity index is 468. The fourth-order valence-electron chi connectivity index (χ4n) is 2.06. The van der Waals surface area contributed by atoms with Gasteiger partial charge in [-0.1, -0.05) is 18.5 Å². The summed E-state index contributed by atoms with van der Waals surface area (Å²) in [5.41, 5.74) is 0.860. The van der Waals surface area contributed by atoms with E-state index >= 15 is 0 Å². The number of aromatic nitrogens is 2. The molecule has 1 atom stereocenters. The van der Waals surface area contributed by atoms with Crippen molar-refractivity contribution in [2.75, 3.05) is 11.9 Å². The van der Waals surface area contributed by atoms with Gasteiger partial charge in [0.15, 0.2) is 0 Å². The van der Waals surface area contributed by atoms with E-state index in [-0.39, 0.29) is 11.9 Å². The highest BCUT2D eigenvalue weighted by atomic mass is 35.5. The summed E-state index contributed by atoms with van der Waals surface area (Å²) in [7, 11) is 0. The average Bonchev–Trinajstić information content (AvgIpc) is 2.38. The Hall–Kier alpha value is -1.36. The molecule has 6 heteroatoms. The maximum absolute atomic E-state index is 11.1. The second kappa shape index (κ2) is 6.19. The molecule has 1 unspecified atom stereocenters. The molecule has 0 bridgehead atoms. The summed E-state index contributed by atoms with van der Waals surface area (Å²) < 4.78 is 0. The number of hydrogen-bond donors (Lipinski definition) is 2. The zero-order valence-corrected chi connectivity index (χ0v) is 12.0. The van der Waals surface area contributed by atoms with Crippen LogP contribution in [-0.2, 0) is 11.2 Å². The van der Waals surface area contributed by atoms with Crippen LogP contribution in [0.3, 0.4) is 0 Å². The van der Waals surface area contributed by atoms with Crippen molar-refractivity contribution in [2.24, 2.45) is 0 Å². The van der Waals surface area contributed by atoms with Crippen LogP contribution in [0.4, 0.5) is 5.82 Å². The van der Waals surface area contributed by atoms with Gasteiger partial charge in [-0.05, 0) is 19.8 Å². The topological polar surface area (TPSA) is 66.9 Å². The summed E-state index contributed by atoms with van der Waals surface area (Å²) in [5, 5.41) is 6.71. The average molecular weight is 283 g/mol. The number of anilines is 1. The molecule has 0 spiro atoms. The number of amides is 1. The van der Waals surface area contributed by atoms with Crippen LogP contribution in [0.5, 0.6) is 0 Å². The standard InChI is InChI=1S/C13H19ClN4O/c1-3-4-10-17-12(14)8(2)13(18-10)16-9-5-6-11(19)15-7-9/h9H,3-7H2,1-2H3,(H,15,19)(H,16,17,18). The minimum atomic E-state index is 0.113. The smallest absolute Gasteiger partial charge is 0.220 e. The number of aryl methyl sites for hydroxylation is 1. The monoisotopic (exact) mass is 282 g/mol. The predicted molar refractivity (Wildman–Crippen MR) is 75.4 cm³/mol. The molecule has 0 saturated carbocycles. The van der Waals surface area contributed by atoms with Gasteiger partial charge in [0.25, 0.3) is 0 Å². The highest BCUT2D eigenvalue weighted by Gasteiger charge is 2.19. The molecule has 0 aliphatic carbocycles. The van der Waals surface area contributed by atoms with Crippen molar-refractivity contribution in [3.05, 3.63) is 16.5 Å². The summed E-state index contributed by atoms with van der Waals surface area (Å²) >= 11 is 6.13. The van der Waals surface area contributed by atoms with Crippen LogP contribution >= 0.6 is 11.6 Å². The second-order valence-corrected chi connectivity index (χ2v) is 5.20. The number of carbonyl (C=O) groups is 1. The number of piperidine rings is 1. The molecule has 1 aliphatic heterocycles. The molecule has 5 nitrogen and oxygen atoms in total. The first-order valence-corrected chi connectivity index (χ1v) is 7.04. The molecule has 1 amide bonds. The molecular weight excluding hydrogens is 264 g/mol. The minimum Gasteiger partial charge on any atom is -0.365 e. The Kier molecular flexibility index (Phi) is 4.58. The van der Waals surface area contributed by atoms with Gasteiger partial charge >= 0.3 is 0 Å². The highest BCUT2D eigenvalue weighted by molar-refractivity contribution is 6.30. The van der Waals surface area contributed by atoms with Crippen LogP contribution in [0.2, 0.25) is 5.15 Å². The van der Waals surface area contributed by atoms with Gasteiger partial charge in [-0.15, -0.1) is 0 Å². The van der Waals surface area contributed by atoms with Gasteiger partial charge in [0.05, 0.1) is 0 Å². The Morgan fingerprint density at radius 1 is 1.47 bits per heavy atom.